The third-order valence-corrected chi connectivity index (χ3v) is 1.84. The number of phenolic OH excluding ortho intramolecular Hbond substituents is 1. The maximum atomic E-state index is 11.5. The summed E-state index contributed by atoms with van der Waals surface area (Å²) in [5.41, 5.74) is 0.213. The second kappa shape index (κ2) is 5.16. The number of para-hydroxylation sites is 1. The second-order valence-corrected chi connectivity index (χ2v) is 3.10. The van der Waals surface area contributed by atoms with E-state index in [1.807, 2.05) is 0 Å². The minimum Gasteiger partial charge on any atom is -0.506 e. The molecule has 86 valence electrons. The van der Waals surface area contributed by atoms with Crippen molar-refractivity contribution < 1.29 is 19.4 Å². The molecule has 1 aromatic carbocycles. The fourth-order valence-electron chi connectivity index (χ4n) is 1.23. The number of hydrogen-bond donors (Lipinski definition) is 2. The Bertz CT molecular complexity index is 414. The van der Waals surface area contributed by atoms with Gasteiger partial charge in [-0.05, 0) is 19.1 Å². The van der Waals surface area contributed by atoms with Crippen LogP contribution in [0.4, 0.5) is 5.69 Å². The molecule has 0 aliphatic rings. The standard InChI is InChI=1S/C11H13NO4/c1-3-16-11(15)8-5-4-6-9(14)10(8)12-7(2)13/h4-6,14H,3H2,1-2H3,(H,12,13). The van der Waals surface area contributed by atoms with Crippen molar-refractivity contribution in [1.29, 1.82) is 0 Å². The Hall–Kier alpha value is -2.04. The maximum Gasteiger partial charge on any atom is 0.340 e. The van der Waals surface area contributed by atoms with E-state index in [1.165, 1.54) is 25.1 Å². The van der Waals surface area contributed by atoms with E-state index in [0.717, 1.165) is 0 Å². The van der Waals surface area contributed by atoms with Crippen molar-refractivity contribution in [3.63, 3.8) is 0 Å². The monoisotopic (exact) mass is 223 g/mol. The molecule has 5 nitrogen and oxygen atoms in total. The molecule has 2 N–H and O–H groups in total. The van der Waals surface area contributed by atoms with Gasteiger partial charge in [-0.1, -0.05) is 6.07 Å². The lowest BCUT2D eigenvalue weighted by molar-refractivity contribution is -0.114. The highest BCUT2D eigenvalue weighted by molar-refractivity contribution is 6.02. The Kier molecular flexibility index (Phi) is 3.88. The number of anilines is 1. The Morgan fingerprint density at radius 1 is 1.44 bits per heavy atom. The van der Waals surface area contributed by atoms with E-state index in [9.17, 15) is 14.7 Å². The van der Waals surface area contributed by atoms with Crippen LogP contribution in [-0.4, -0.2) is 23.6 Å². The number of amides is 1. The quantitative estimate of drug-likeness (QED) is 0.601. The number of ether oxygens (including phenoxy) is 1. The summed E-state index contributed by atoms with van der Waals surface area (Å²) < 4.78 is 4.80. The van der Waals surface area contributed by atoms with E-state index in [-0.39, 0.29) is 29.5 Å². The second-order valence-electron chi connectivity index (χ2n) is 3.10. The van der Waals surface area contributed by atoms with Gasteiger partial charge < -0.3 is 15.2 Å². The van der Waals surface area contributed by atoms with E-state index in [4.69, 9.17) is 4.74 Å². The molecule has 0 saturated heterocycles. The zero-order valence-corrected chi connectivity index (χ0v) is 9.11. The lowest BCUT2D eigenvalue weighted by Crippen LogP contribution is -2.13. The Morgan fingerprint density at radius 2 is 2.12 bits per heavy atom. The number of benzene rings is 1. The summed E-state index contributed by atoms with van der Waals surface area (Å²) in [6, 6.07) is 4.36. The third-order valence-electron chi connectivity index (χ3n) is 1.84. The van der Waals surface area contributed by atoms with E-state index < -0.39 is 5.97 Å². The first-order chi connectivity index (χ1) is 7.56. The van der Waals surface area contributed by atoms with E-state index in [0.29, 0.717) is 0 Å². The van der Waals surface area contributed by atoms with Crippen LogP contribution in [0.1, 0.15) is 24.2 Å². The molecule has 0 spiro atoms. The number of esters is 1. The van der Waals surface area contributed by atoms with Gasteiger partial charge >= 0.3 is 5.97 Å². The van der Waals surface area contributed by atoms with E-state index >= 15 is 0 Å². The summed E-state index contributed by atoms with van der Waals surface area (Å²) in [7, 11) is 0. The maximum absolute atomic E-state index is 11.5. The lowest BCUT2D eigenvalue weighted by atomic mass is 10.1. The predicted molar refractivity (Wildman–Crippen MR) is 58.4 cm³/mol. The minimum absolute atomic E-state index is 0.0773. The van der Waals surface area contributed by atoms with Crippen molar-refractivity contribution in [2.24, 2.45) is 0 Å². The summed E-state index contributed by atoms with van der Waals surface area (Å²) >= 11 is 0. The molecule has 0 atom stereocenters. The Labute approximate surface area is 93.0 Å². The molecule has 0 unspecified atom stereocenters. The number of phenols is 1. The van der Waals surface area contributed by atoms with Crippen LogP contribution < -0.4 is 5.32 Å². The van der Waals surface area contributed by atoms with E-state index in [2.05, 4.69) is 5.32 Å². The fraction of sp³-hybridized carbons (Fsp3) is 0.273. The smallest absolute Gasteiger partial charge is 0.340 e. The normalized spacial score (nSPS) is 9.62. The van der Waals surface area contributed by atoms with Gasteiger partial charge in [0.1, 0.15) is 5.75 Å². The molecular formula is C11H13NO4. The van der Waals surface area contributed by atoms with Gasteiger partial charge in [-0.3, -0.25) is 4.79 Å². The van der Waals surface area contributed by atoms with E-state index in [1.54, 1.807) is 6.92 Å². The van der Waals surface area contributed by atoms with Crippen LogP contribution in [0.15, 0.2) is 18.2 Å². The van der Waals surface area contributed by atoms with Crippen molar-refractivity contribution in [3.05, 3.63) is 23.8 Å². The summed E-state index contributed by atoms with van der Waals surface area (Å²) in [5.74, 6) is -1.12. The molecule has 0 fully saturated rings. The zero-order chi connectivity index (χ0) is 12.1. The van der Waals surface area contributed by atoms with Gasteiger partial charge in [0.25, 0.3) is 0 Å². The lowest BCUT2D eigenvalue weighted by Gasteiger charge is -2.10. The van der Waals surface area contributed by atoms with Crippen molar-refractivity contribution in [2.75, 3.05) is 11.9 Å². The molecule has 0 aromatic heterocycles. The van der Waals surface area contributed by atoms with Gasteiger partial charge in [-0.15, -0.1) is 0 Å². The van der Waals surface area contributed by atoms with Gasteiger partial charge in [-0.2, -0.15) is 0 Å². The molecule has 0 heterocycles. The molecule has 0 aliphatic heterocycles. The molecule has 0 saturated carbocycles. The number of carbonyl (C=O) groups is 2. The number of aromatic hydroxyl groups is 1. The first-order valence-corrected chi connectivity index (χ1v) is 4.83. The topological polar surface area (TPSA) is 75.6 Å². The molecule has 16 heavy (non-hydrogen) atoms. The molecule has 1 amide bonds. The zero-order valence-electron chi connectivity index (χ0n) is 9.11. The van der Waals surface area contributed by atoms with Crippen molar-refractivity contribution >= 4 is 17.6 Å². The number of hydrogen-bond acceptors (Lipinski definition) is 4. The number of carbonyl (C=O) groups excluding carboxylic acids is 2. The van der Waals surface area contributed by atoms with Crippen LogP contribution >= 0.6 is 0 Å². The largest absolute Gasteiger partial charge is 0.506 e. The molecule has 1 aromatic rings. The number of nitrogens with one attached hydrogen (secondary N) is 1. The van der Waals surface area contributed by atoms with Crippen LogP contribution in [0.3, 0.4) is 0 Å². The van der Waals surface area contributed by atoms with Gasteiger partial charge in [-0.25, -0.2) is 4.79 Å². The molecule has 0 bridgehead atoms. The van der Waals surface area contributed by atoms with Crippen LogP contribution in [0.2, 0.25) is 0 Å². The highest BCUT2D eigenvalue weighted by Crippen LogP contribution is 2.27. The van der Waals surface area contributed by atoms with Crippen molar-refractivity contribution in [1.82, 2.24) is 0 Å². The highest BCUT2D eigenvalue weighted by atomic mass is 16.5. The first kappa shape index (κ1) is 12.0. The molecule has 0 radical (unpaired) electrons. The predicted octanol–water partition coefficient (Wildman–Crippen LogP) is 1.53. The van der Waals surface area contributed by atoms with Crippen molar-refractivity contribution in [3.8, 4) is 5.75 Å². The summed E-state index contributed by atoms with van der Waals surface area (Å²) in [5, 5.41) is 11.9. The van der Waals surface area contributed by atoms with Gasteiger partial charge in [0, 0.05) is 6.92 Å². The molecule has 1 rings (SSSR count). The SMILES string of the molecule is CCOC(=O)c1cccc(O)c1NC(C)=O. The summed E-state index contributed by atoms with van der Waals surface area (Å²) in [6.45, 7) is 3.20. The average Bonchev–Trinajstić information content (AvgIpc) is 2.20. The van der Waals surface area contributed by atoms with Crippen LogP contribution in [0.25, 0.3) is 0 Å². The molecule has 5 heteroatoms. The molecule has 0 aliphatic carbocycles. The highest BCUT2D eigenvalue weighted by Gasteiger charge is 2.16. The fourth-order valence-corrected chi connectivity index (χ4v) is 1.23. The third kappa shape index (κ3) is 2.73. The molecular weight excluding hydrogens is 210 g/mol. The summed E-state index contributed by atoms with van der Waals surface area (Å²) in [6.07, 6.45) is 0. The summed E-state index contributed by atoms with van der Waals surface area (Å²) in [4.78, 5) is 22.4. The Balaban J connectivity index is 3.11. The van der Waals surface area contributed by atoms with Gasteiger partial charge in [0.2, 0.25) is 5.91 Å². The Morgan fingerprint density at radius 3 is 2.69 bits per heavy atom. The number of rotatable bonds is 3. The van der Waals surface area contributed by atoms with Crippen LogP contribution in [0, 0.1) is 0 Å². The van der Waals surface area contributed by atoms with Crippen LogP contribution in [0.5, 0.6) is 5.75 Å². The minimum atomic E-state index is -0.581. The average molecular weight is 223 g/mol. The first-order valence-electron chi connectivity index (χ1n) is 4.83. The van der Waals surface area contributed by atoms with Crippen LogP contribution in [-0.2, 0) is 9.53 Å². The van der Waals surface area contributed by atoms with Gasteiger partial charge in [0.05, 0.1) is 17.9 Å². The van der Waals surface area contributed by atoms with Crippen molar-refractivity contribution in [2.45, 2.75) is 13.8 Å². The van der Waals surface area contributed by atoms with Gasteiger partial charge in [0.15, 0.2) is 0 Å².